The molecule has 1 unspecified atom stereocenters. The summed E-state index contributed by atoms with van der Waals surface area (Å²) in [4.78, 5) is 24.9. The summed E-state index contributed by atoms with van der Waals surface area (Å²) in [6, 6.07) is 5.87. The molecule has 35 heavy (non-hydrogen) atoms. The fourth-order valence-corrected chi connectivity index (χ4v) is 4.50. The molecule has 186 valence electrons. The van der Waals surface area contributed by atoms with Crippen LogP contribution in [0, 0.1) is 6.92 Å². The third-order valence-corrected chi connectivity index (χ3v) is 6.76. The molecular weight excluding hydrogens is 495 g/mol. The zero-order chi connectivity index (χ0) is 25.1. The molecule has 1 aromatic carbocycles. The van der Waals surface area contributed by atoms with E-state index < -0.39 is 6.17 Å². The number of carbonyl (C=O) groups is 1. The second-order valence-electron chi connectivity index (χ2n) is 7.86. The lowest BCUT2D eigenvalue weighted by Gasteiger charge is -2.38. The molecule has 0 saturated carbocycles. The van der Waals surface area contributed by atoms with Crippen molar-refractivity contribution in [3.8, 4) is 28.9 Å². The van der Waals surface area contributed by atoms with Crippen LogP contribution in [0.4, 0.5) is 5.69 Å². The number of methoxy groups -OCH3 is 3. The Balaban J connectivity index is 1.56. The van der Waals surface area contributed by atoms with Gasteiger partial charge in [-0.15, -0.1) is 0 Å². The molecule has 0 amide bonds. The number of nitrogens with zero attached hydrogens (tertiary/aromatic N) is 6. The van der Waals surface area contributed by atoms with Gasteiger partial charge in [-0.05, 0) is 19.1 Å². The molecule has 0 spiro atoms. The number of rotatable bonds is 8. The Labute approximate surface area is 213 Å². The van der Waals surface area contributed by atoms with Crippen LogP contribution in [0.1, 0.15) is 11.9 Å². The predicted molar refractivity (Wildman–Crippen MR) is 133 cm³/mol. The Morgan fingerprint density at radius 2 is 1.80 bits per heavy atom. The number of aromatic nitrogens is 4. The number of anilines is 1. The average Bonchev–Trinajstić information content (AvgIpc) is 3.18. The SMILES string of the molecule is COc1ncc(-c2nn(C(C=O)N3CCN(c4ccc(Cl)c(OC)c4)CC3)c(C)c2Cl)c(OC)n1. The molecule has 1 aliphatic rings. The predicted octanol–water partition coefficient (Wildman–Crippen LogP) is 3.50. The Bertz CT molecular complexity index is 1210. The van der Waals surface area contributed by atoms with Gasteiger partial charge in [-0.1, -0.05) is 23.2 Å². The number of halogens is 2. The molecule has 1 atom stereocenters. The van der Waals surface area contributed by atoms with Crippen LogP contribution < -0.4 is 19.1 Å². The summed E-state index contributed by atoms with van der Waals surface area (Å²) >= 11 is 12.8. The van der Waals surface area contributed by atoms with Crippen LogP contribution in [0.25, 0.3) is 11.3 Å². The van der Waals surface area contributed by atoms with Crippen LogP contribution in [0.15, 0.2) is 24.4 Å². The molecule has 3 heterocycles. The first kappa shape index (κ1) is 25.0. The number of hydrogen-bond acceptors (Lipinski definition) is 9. The zero-order valence-corrected chi connectivity index (χ0v) is 21.4. The molecule has 1 aliphatic heterocycles. The van der Waals surface area contributed by atoms with Crippen molar-refractivity contribution in [3.63, 3.8) is 0 Å². The van der Waals surface area contributed by atoms with Crippen LogP contribution >= 0.6 is 23.2 Å². The Hall–Kier alpha value is -3.08. The molecule has 0 radical (unpaired) electrons. The third kappa shape index (κ3) is 4.86. The highest BCUT2D eigenvalue weighted by atomic mass is 35.5. The fourth-order valence-electron chi connectivity index (χ4n) is 4.08. The number of hydrogen-bond donors (Lipinski definition) is 0. The van der Waals surface area contributed by atoms with E-state index in [2.05, 4.69) is 24.9 Å². The lowest BCUT2D eigenvalue weighted by molar-refractivity contribution is -0.116. The highest BCUT2D eigenvalue weighted by molar-refractivity contribution is 6.33. The smallest absolute Gasteiger partial charge is 0.319 e. The van der Waals surface area contributed by atoms with Gasteiger partial charge < -0.3 is 19.1 Å². The molecule has 10 nitrogen and oxygen atoms in total. The van der Waals surface area contributed by atoms with E-state index in [9.17, 15) is 4.79 Å². The topological polar surface area (TPSA) is 94.8 Å². The number of ether oxygens (including phenoxy) is 3. The van der Waals surface area contributed by atoms with Gasteiger partial charge in [0.05, 0.1) is 42.6 Å². The van der Waals surface area contributed by atoms with Crippen molar-refractivity contribution < 1.29 is 19.0 Å². The van der Waals surface area contributed by atoms with Crippen LogP contribution in [0.3, 0.4) is 0 Å². The van der Waals surface area contributed by atoms with Gasteiger partial charge in [0.25, 0.3) is 0 Å². The maximum atomic E-state index is 12.2. The quantitative estimate of drug-likeness (QED) is 0.413. The Kier molecular flexibility index (Phi) is 7.63. The van der Waals surface area contributed by atoms with E-state index in [0.29, 0.717) is 45.8 Å². The zero-order valence-electron chi connectivity index (χ0n) is 19.9. The summed E-state index contributed by atoms with van der Waals surface area (Å²) in [6.07, 6.45) is 1.80. The summed E-state index contributed by atoms with van der Waals surface area (Å²) < 4.78 is 17.4. The van der Waals surface area contributed by atoms with E-state index in [4.69, 9.17) is 37.4 Å². The first-order valence-corrected chi connectivity index (χ1v) is 11.6. The molecule has 1 saturated heterocycles. The minimum atomic E-state index is -0.617. The van der Waals surface area contributed by atoms with Crippen molar-refractivity contribution >= 4 is 35.2 Å². The van der Waals surface area contributed by atoms with E-state index in [1.807, 2.05) is 25.1 Å². The highest BCUT2D eigenvalue weighted by Gasteiger charge is 2.29. The second kappa shape index (κ2) is 10.7. The van der Waals surface area contributed by atoms with Crippen molar-refractivity contribution in [2.45, 2.75) is 13.1 Å². The molecule has 2 aromatic heterocycles. The molecule has 12 heteroatoms. The van der Waals surface area contributed by atoms with Crippen LogP contribution in [-0.2, 0) is 4.79 Å². The molecule has 0 aliphatic carbocycles. The molecule has 1 fully saturated rings. The molecule has 4 rings (SSSR count). The van der Waals surface area contributed by atoms with E-state index in [1.54, 1.807) is 11.8 Å². The van der Waals surface area contributed by atoms with Crippen molar-refractivity contribution in [1.29, 1.82) is 0 Å². The normalized spacial score (nSPS) is 15.1. The second-order valence-corrected chi connectivity index (χ2v) is 8.65. The summed E-state index contributed by atoms with van der Waals surface area (Å²) in [6.45, 7) is 4.56. The number of piperazine rings is 1. The van der Waals surface area contributed by atoms with E-state index in [0.717, 1.165) is 25.1 Å². The number of aldehydes is 1. The van der Waals surface area contributed by atoms with Crippen LogP contribution in [-0.4, -0.2) is 78.4 Å². The van der Waals surface area contributed by atoms with Crippen molar-refractivity contribution in [2.24, 2.45) is 0 Å². The molecule has 0 N–H and O–H groups in total. The Morgan fingerprint density at radius 1 is 1.06 bits per heavy atom. The minimum Gasteiger partial charge on any atom is -0.495 e. The van der Waals surface area contributed by atoms with E-state index in [-0.39, 0.29) is 11.9 Å². The average molecular weight is 521 g/mol. The van der Waals surface area contributed by atoms with Gasteiger partial charge in [-0.3, -0.25) is 9.69 Å². The van der Waals surface area contributed by atoms with Crippen LogP contribution in [0.5, 0.6) is 17.6 Å². The minimum absolute atomic E-state index is 0.167. The highest BCUT2D eigenvalue weighted by Crippen LogP contribution is 2.36. The summed E-state index contributed by atoms with van der Waals surface area (Å²) in [5, 5.41) is 5.63. The van der Waals surface area contributed by atoms with Gasteiger partial charge >= 0.3 is 6.01 Å². The lowest BCUT2D eigenvalue weighted by Crippen LogP contribution is -2.49. The Morgan fingerprint density at radius 3 is 2.43 bits per heavy atom. The van der Waals surface area contributed by atoms with Gasteiger partial charge in [0.2, 0.25) is 5.88 Å². The van der Waals surface area contributed by atoms with E-state index in [1.165, 1.54) is 20.4 Å². The van der Waals surface area contributed by atoms with Crippen molar-refractivity contribution in [3.05, 3.63) is 40.1 Å². The van der Waals surface area contributed by atoms with Gasteiger partial charge in [-0.2, -0.15) is 10.1 Å². The van der Waals surface area contributed by atoms with Crippen molar-refractivity contribution in [2.75, 3.05) is 52.4 Å². The first-order valence-electron chi connectivity index (χ1n) is 10.9. The maximum Gasteiger partial charge on any atom is 0.319 e. The summed E-state index contributed by atoms with van der Waals surface area (Å²) in [7, 11) is 4.56. The lowest BCUT2D eigenvalue weighted by atomic mass is 10.2. The third-order valence-electron chi connectivity index (χ3n) is 6.00. The van der Waals surface area contributed by atoms with Gasteiger partial charge in [0.15, 0.2) is 12.5 Å². The van der Waals surface area contributed by atoms with Gasteiger partial charge in [0, 0.05) is 44.1 Å². The van der Waals surface area contributed by atoms with E-state index >= 15 is 0 Å². The summed E-state index contributed by atoms with van der Waals surface area (Å²) in [5.74, 6) is 0.905. The molecule has 3 aromatic rings. The standard InChI is InChI=1S/C23H26Cl2N6O4/c1-14-20(25)21(16-12-26-23(35-4)27-22(16)34-3)28-31(14)19(13-32)30-9-7-29(8-10-30)15-5-6-17(24)18(11-15)33-2/h5-6,11-13,19H,7-10H2,1-4H3. The monoisotopic (exact) mass is 520 g/mol. The maximum absolute atomic E-state index is 12.2. The number of carbonyl (C=O) groups excluding carboxylic acids is 1. The fraction of sp³-hybridized carbons (Fsp3) is 0.391. The molecule has 0 bridgehead atoms. The molecular formula is C23H26Cl2N6O4. The summed E-state index contributed by atoms with van der Waals surface area (Å²) in [5.41, 5.74) is 2.61. The first-order chi connectivity index (χ1) is 16.9. The van der Waals surface area contributed by atoms with Crippen molar-refractivity contribution in [1.82, 2.24) is 24.6 Å². The number of benzene rings is 1. The van der Waals surface area contributed by atoms with Crippen LogP contribution in [0.2, 0.25) is 10.0 Å². The van der Waals surface area contributed by atoms with Gasteiger partial charge in [-0.25, -0.2) is 9.67 Å². The van der Waals surface area contributed by atoms with Gasteiger partial charge in [0.1, 0.15) is 11.4 Å². The largest absolute Gasteiger partial charge is 0.495 e.